The van der Waals surface area contributed by atoms with Gasteiger partial charge in [0.1, 0.15) is 18.0 Å². The normalized spacial score (nSPS) is 25.7. The number of nitrogens with two attached hydrogens (primary N) is 1. The Morgan fingerprint density at radius 3 is 2.89 bits per heavy atom. The van der Waals surface area contributed by atoms with Crippen molar-refractivity contribution in [2.24, 2.45) is 5.73 Å². The van der Waals surface area contributed by atoms with Gasteiger partial charge in [0.05, 0.1) is 16.0 Å². The van der Waals surface area contributed by atoms with Crippen molar-refractivity contribution in [3.63, 3.8) is 0 Å². The highest BCUT2D eigenvalue weighted by Gasteiger charge is 2.41. The summed E-state index contributed by atoms with van der Waals surface area (Å²) in [6.07, 6.45) is 0.235. The Bertz CT molecular complexity index is 483. The van der Waals surface area contributed by atoms with Crippen LogP contribution in [0.2, 0.25) is 5.02 Å². The molecule has 0 radical (unpaired) electrons. The molecule has 0 aliphatic heterocycles. The third-order valence-corrected chi connectivity index (χ3v) is 3.37. The summed E-state index contributed by atoms with van der Waals surface area (Å²) in [7, 11) is 0. The molecule has 2 N–H and O–H groups in total. The molecule has 104 valence electrons. The van der Waals surface area contributed by atoms with E-state index in [0.717, 1.165) is 0 Å². The lowest BCUT2D eigenvalue weighted by Gasteiger charge is -2.41. The minimum atomic E-state index is -0.490. The first kappa shape index (κ1) is 14.0. The molecule has 7 heteroatoms. The van der Waals surface area contributed by atoms with E-state index in [-0.39, 0.29) is 29.7 Å². The summed E-state index contributed by atoms with van der Waals surface area (Å²) in [5.74, 6) is 0.289. The summed E-state index contributed by atoms with van der Waals surface area (Å²) in [5.41, 5.74) is 5.76. The molecule has 0 aromatic heterocycles. The minimum Gasteiger partial charge on any atom is -0.486 e. The maximum atomic E-state index is 10.7. The van der Waals surface area contributed by atoms with Gasteiger partial charge >= 0.3 is 0 Å². The molecular weight excluding hydrogens is 272 g/mol. The molecule has 1 aromatic rings. The predicted molar refractivity (Wildman–Crippen MR) is 70.5 cm³/mol. The summed E-state index contributed by atoms with van der Waals surface area (Å²) in [6.45, 7) is 2.42. The number of hydrogen-bond donors (Lipinski definition) is 1. The van der Waals surface area contributed by atoms with Crippen molar-refractivity contribution in [3.8, 4) is 5.75 Å². The highest BCUT2D eigenvalue weighted by Crippen LogP contribution is 2.34. The number of benzene rings is 1. The Morgan fingerprint density at radius 2 is 2.32 bits per heavy atom. The topological polar surface area (TPSA) is 87.6 Å². The first-order valence-corrected chi connectivity index (χ1v) is 6.38. The van der Waals surface area contributed by atoms with E-state index in [1.165, 1.54) is 18.2 Å². The Hall–Kier alpha value is -1.37. The Morgan fingerprint density at radius 1 is 1.58 bits per heavy atom. The third-order valence-electron chi connectivity index (χ3n) is 3.06. The van der Waals surface area contributed by atoms with Gasteiger partial charge in [0.25, 0.3) is 5.69 Å². The van der Waals surface area contributed by atoms with Crippen LogP contribution in [0, 0.1) is 10.1 Å². The van der Waals surface area contributed by atoms with Gasteiger partial charge in [-0.2, -0.15) is 0 Å². The zero-order chi connectivity index (χ0) is 14.0. The van der Waals surface area contributed by atoms with Crippen LogP contribution in [-0.4, -0.2) is 29.8 Å². The van der Waals surface area contributed by atoms with Gasteiger partial charge < -0.3 is 15.2 Å². The summed E-state index contributed by atoms with van der Waals surface area (Å²) in [6, 6.07) is 4.03. The number of nitrogens with zero attached hydrogens (tertiary/aromatic N) is 1. The second-order valence-electron chi connectivity index (χ2n) is 4.35. The van der Waals surface area contributed by atoms with E-state index in [4.69, 9.17) is 26.8 Å². The number of nitro groups is 1. The smallest absolute Gasteiger partial charge is 0.273 e. The standard InChI is InChI=1S/C12H15ClN2O4/c1-2-18-12-9(14)6-11(12)19-10-5-7(15(16)17)3-4-8(10)13/h3-5,9,11-12H,2,6,14H2,1H3. The lowest BCUT2D eigenvalue weighted by molar-refractivity contribution is -0.385. The van der Waals surface area contributed by atoms with Crippen LogP contribution in [0.25, 0.3) is 0 Å². The molecule has 3 unspecified atom stereocenters. The fourth-order valence-electron chi connectivity index (χ4n) is 2.01. The Labute approximate surface area is 115 Å². The number of nitro benzene ring substituents is 1. The van der Waals surface area contributed by atoms with Crippen molar-refractivity contribution in [3.05, 3.63) is 33.3 Å². The zero-order valence-electron chi connectivity index (χ0n) is 10.4. The van der Waals surface area contributed by atoms with Gasteiger partial charge in [0, 0.05) is 25.1 Å². The van der Waals surface area contributed by atoms with E-state index in [0.29, 0.717) is 18.1 Å². The van der Waals surface area contributed by atoms with Crippen LogP contribution in [0.5, 0.6) is 5.75 Å². The molecule has 6 nitrogen and oxygen atoms in total. The molecule has 3 atom stereocenters. The van der Waals surface area contributed by atoms with Crippen LogP contribution in [0.1, 0.15) is 13.3 Å². The average molecular weight is 287 g/mol. The van der Waals surface area contributed by atoms with E-state index >= 15 is 0 Å². The quantitative estimate of drug-likeness (QED) is 0.662. The molecular formula is C12H15ClN2O4. The van der Waals surface area contributed by atoms with E-state index in [1.54, 1.807) is 0 Å². The van der Waals surface area contributed by atoms with Gasteiger partial charge in [0.15, 0.2) is 0 Å². The van der Waals surface area contributed by atoms with E-state index < -0.39 is 4.92 Å². The molecule has 1 aliphatic rings. The number of halogens is 1. The highest BCUT2D eigenvalue weighted by atomic mass is 35.5. The van der Waals surface area contributed by atoms with Crippen molar-refractivity contribution >= 4 is 17.3 Å². The molecule has 0 bridgehead atoms. The number of rotatable bonds is 5. The van der Waals surface area contributed by atoms with Crippen LogP contribution < -0.4 is 10.5 Å². The van der Waals surface area contributed by atoms with Gasteiger partial charge in [0.2, 0.25) is 0 Å². The van der Waals surface area contributed by atoms with Crippen molar-refractivity contribution in [2.45, 2.75) is 31.6 Å². The van der Waals surface area contributed by atoms with Crippen LogP contribution in [0.4, 0.5) is 5.69 Å². The van der Waals surface area contributed by atoms with Crippen molar-refractivity contribution < 1.29 is 14.4 Å². The maximum absolute atomic E-state index is 10.7. The fraction of sp³-hybridized carbons (Fsp3) is 0.500. The first-order valence-electron chi connectivity index (χ1n) is 6.00. The predicted octanol–water partition coefficient (Wildman–Crippen LogP) is 2.13. The average Bonchev–Trinajstić information content (AvgIpc) is 2.37. The molecule has 2 rings (SSSR count). The second-order valence-corrected chi connectivity index (χ2v) is 4.75. The molecule has 1 saturated carbocycles. The largest absolute Gasteiger partial charge is 0.486 e. The SMILES string of the molecule is CCOC1C(N)CC1Oc1cc([N+](=O)[O-])ccc1Cl. The first-order chi connectivity index (χ1) is 9.02. The van der Waals surface area contributed by atoms with Crippen LogP contribution in [0.3, 0.4) is 0 Å². The summed E-state index contributed by atoms with van der Waals surface area (Å²) in [5, 5.41) is 11.0. The Balaban J connectivity index is 2.10. The van der Waals surface area contributed by atoms with Gasteiger partial charge in [-0.05, 0) is 13.0 Å². The van der Waals surface area contributed by atoms with Gasteiger partial charge in [-0.3, -0.25) is 10.1 Å². The molecule has 19 heavy (non-hydrogen) atoms. The van der Waals surface area contributed by atoms with Crippen LogP contribution in [-0.2, 0) is 4.74 Å². The van der Waals surface area contributed by atoms with E-state index in [1.807, 2.05) is 6.92 Å². The van der Waals surface area contributed by atoms with Crippen LogP contribution >= 0.6 is 11.6 Å². The summed E-state index contributed by atoms with van der Waals surface area (Å²) in [4.78, 5) is 10.2. The minimum absolute atomic E-state index is 0.0593. The second kappa shape index (κ2) is 5.73. The van der Waals surface area contributed by atoms with Gasteiger partial charge in [-0.1, -0.05) is 11.6 Å². The summed E-state index contributed by atoms with van der Waals surface area (Å²) < 4.78 is 11.1. The molecule has 1 fully saturated rings. The number of ether oxygens (including phenoxy) is 2. The maximum Gasteiger partial charge on any atom is 0.273 e. The van der Waals surface area contributed by atoms with Crippen molar-refractivity contribution in [1.29, 1.82) is 0 Å². The highest BCUT2D eigenvalue weighted by molar-refractivity contribution is 6.32. The number of hydrogen-bond acceptors (Lipinski definition) is 5. The lowest BCUT2D eigenvalue weighted by Crippen LogP contribution is -2.59. The lowest BCUT2D eigenvalue weighted by atomic mass is 9.86. The van der Waals surface area contributed by atoms with E-state index in [2.05, 4.69) is 0 Å². The molecule has 0 heterocycles. The van der Waals surface area contributed by atoms with Crippen LogP contribution in [0.15, 0.2) is 18.2 Å². The van der Waals surface area contributed by atoms with Gasteiger partial charge in [-0.15, -0.1) is 0 Å². The molecule has 1 aromatic carbocycles. The third kappa shape index (κ3) is 2.97. The van der Waals surface area contributed by atoms with E-state index in [9.17, 15) is 10.1 Å². The Kier molecular flexibility index (Phi) is 4.24. The molecule has 0 spiro atoms. The molecule has 0 amide bonds. The summed E-state index contributed by atoms with van der Waals surface area (Å²) >= 11 is 5.97. The number of non-ortho nitro benzene ring substituents is 1. The van der Waals surface area contributed by atoms with Gasteiger partial charge in [-0.25, -0.2) is 0 Å². The molecule has 1 aliphatic carbocycles. The molecule has 0 saturated heterocycles. The van der Waals surface area contributed by atoms with Crippen molar-refractivity contribution in [1.82, 2.24) is 0 Å². The monoisotopic (exact) mass is 286 g/mol. The van der Waals surface area contributed by atoms with Crippen molar-refractivity contribution in [2.75, 3.05) is 6.61 Å². The fourth-order valence-corrected chi connectivity index (χ4v) is 2.18. The zero-order valence-corrected chi connectivity index (χ0v) is 11.2.